The lowest BCUT2D eigenvalue weighted by Gasteiger charge is -2.11. The number of aliphatic hydroxyl groups excluding tert-OH is 2. The Labute approximate surface area is 216 Å². The van der Waals surface area contributed by atoms with E-state index in [0.29, 0.717) is 29.5 Å². The Hall–Kier alpha value is -4.21. The zero-order valence-electron chi connectivity index (χ0n) is 19.2. The van der Waals surface area contributed by atoms with Crippen molar-refractivity contribution in [1.82, 2.24) is 19.3 Å². The van der Waals surface area contributed by atoms with E-state index in [0.717, 1.165) is 17.6 Å². The van der Waals surface area contributed by atoms with Gasteiger partial charge in [0, 0.05) is 41.0 Å². The zero-order chi connectivity index (χ0) is 27.3. The van der Waals surface area contributed by atoms with Gasteiger partial charge >= 0.3 is 6.18 Å². The standard InChI is InChI=1S/C23H19F4N7O3S/c24-17-6-3-13(7-16(17)23(25,26)27)20-32-22(38-34-20)33-21(37)12-1-4-14(5-2-12)31-19-8-18(29-11-30-19)28-9-15(36)10-35/h1-8,11,15,35-36H,9-10H2,(H2,28,29,30,31)(H,32,33,34,37). The fourth-order valence-corrected chi connectivity index (χ4v) is 3.69. The first-order valence-corrected chi connectivity index (χ1v) is 11.6. The Balaban J connectivity index is 1.38. The monoisotopic (exact) mass is 549 g/mol. The smallest absolute Gasteiger partial charge is 0.394 e. The Morgan fingerprint density at radius 2 is 1.79 bits per heavy atom. The SMILES string of the molecule is O=C(Nc1nc(-c2ccc(F)c(C(F)(F)F)c2)ns1)c1ccc(Nc2cc(NCC(O)CO)ncn2)cc1. The van der Waals surface area contributed by atoms with Crippen LogP contribution < -0.4 is 16.0 Å². The number of hydrogen-bond donors (Lipinski definition) is 5. The summed E-state index contributed by atoms with van der Waals surface area (Å²) in [7, 11) is 0. The fourth-order valence-electron chi connectivity index (χ4n) is 3.10. The highest BCUT2D eigenvalue weighted by Gasteiger charge is 2.34. The Bertz CT molecular complexity index is 1420. The molecule has 198 valence electrons. The summed E-state index contributed by atoms with van der Waals surface area (Å²) in [4.78, 5) is 24.7. The summed E-state index contributed by atoms with van der Waals surface area (Å²) < 4.78 is 56.4. The molecule has 1 atom stereocenters. The van der Waals surface area contributed by atoms with Crippen LogP contribution in [0, 0.1) is 5.82 Å². The van der Waals surface area contributed by atoms with Gasteiger partial charge in [0.2, 0.25) is 5.13 Å². The maximum absolute atomic E-state index is 13.5. The predicted octanol–water partition coefficient (Wildman–Crippen LogP) is 3.91. The second-order valence-electron chi connectivity index (χ2n) is 7.78. The number of aliphatic hydroxyl groups is 2. The summed E-state index contributed by atoms with van der Waals surface area (Å²) in [6.07, 6.45) is -4.49. The maximum atomic E-state index is 13.5. The molecule has 10 nitrogen and oxygen atoms in total. The number of amides is 1. The van der Waals surface area contributed by atoms with Crippen LogP contribution in [0.4, 0.5) is 40.0 Å². The van der Waals surface area contributed by atoms with Gasteiger partial charge in [-0.25, -0.2) is 14.4 Å². The van der Waals surface area contributed by atoms with Crippen LogP contribution in [-0.4, -0.2) is 54.7 Å². The molecule has 2 aromatic heterocycles. The normalized spacial score (nSPS) is 12.2. The van der Waals surface area contributed by atoms with Crippen molar-refractivity contribution < 1.29 is 32.6 Å². The number of nitrogens with zero attached hydrogens (tertiary/aromatic N) is 4. The zero-order valence-corrected chi connectivity index (χ0v) is 20.0. The van der Waals surface area contributed by atoms with Crippen LogP contribution in [0.15, 0.2) is 54.9 Å². The number of aromatic nitrogens is 4. The molecule has 0 aliphatic rings. The third-order valence-corrected chi connectivity index (χ3v) is 5.62. The van der Waals surface area contributed by atoms with Crippen LogP contribution in [0.25, 0.3) is 11.4 Å². The Morgan fingerprint density at radius 1 is 1.05 bits per heavy atom. The van der Waals surface area contributed by atoms with Gasteiger partial charge in [0.25, 0.3) is 5.91 Å². The third-order valence-electron chi connectivity index (χ3n) is 4.99. The van der Waals surface area contributed by atoms with E-state index in [1.807, 2.05) is 0 Å². The molecule has 5 N–H and O–H groups in total. The van der Waals surface area contributed by atoms with E-state index in [2.05, 4.69) is 35.3 Å². The first-order chi connectivity index (χ1) is 18.1. The lowest BCUT2D eigenvalue weighted by molar-refractivity contribution is -0.139. The Morgan fingerprint density at radius 3 is 2.50 bits per heavy atom. The molecule has 0 bridgehead atoms. The molecule has 4 rings (SSSR count). The molecule has 1 unspecified atom stereocenters. The van der Waals surface area contributed by atoms with E-state index in [4.69, 9.17) is 5.11 Å². The molecular formula is C23H19F4N7O3S. The van der Waals surface area contributed by atoms with Crippen molar-refractivity contribution in [3.05, 3.63) is 71.8 Å². The highest BCUT2D eigenvalue weighted by atomic mass is 32.1. The molecule has 0 fully saturated rings. The quantitative estimate of drug-likeness (QED) is 0.196. The molecule has 0 aliphatic heterocycles. The lowest BCUT2D eigenvalue weighted by atomic mass is 10.1. The largest absolute Gasteiger partial charge is 0.419 e. The number of benzene rings is 2. The van der Waals surface area contributed by atoms with Gasteiger partial charge in [-0.3, -0.25) is 10.1 Å². The van der Waals surface area contributed by atoms with Crippen LogP contribution in [-0.2, 0) is 6.18 Å². The van der Waals surface area contributed by atoms with Gasteiger partial charge in [-0.1, -0.05) is 0 Å². The van der Waals surface area contributed by atoms with Gasteiger partial charge in [-0.05, 0) is 42.5 Å². The lowest BCUT2D eigenvalue weighted by Crippen LogP contribution is -2.23. The minimum absolute atomic E-state index is 0.0430. The van der Waals surface area contributed by atoms with Crippen LogP contribution in [0.1, 0.15) is 15.9 Å². The van der Waals surface area contributed by atoms with Gasteiger partial charge in [0.15, 0.2) is 5.82 Å². The van der Waals surface area contributed by atoms with Gasteiger partial charge in [-0.15, -0.1) is 0 Å². The molecular weight excluding hydrogens is 530 g/mol. The topological polar surface area (TPSA) is 145 Å². The molecule has 2 heterocycles. The second kappa shape index (κ2) is 11.5. The second-order valence-corrected chi connectivity index (χ2v) is 8.53. The van der Waals surface area contributed by atoms with Gasteiger partial charge in [0.1, 0.15) is 23.8 Å². The van der Waals surface area contributed by atoms with Crippen molar-refractivity contribution in [2.24, 2.45) is 0 Å². The number of nitrogens with one attached hydrogen (secondary N) is 3. The minimum atomic E-state index is -4.87. The number of carbonyl (C=O) groups excluding carboxylic acids is 1. The minimum Gasteiger partial charge on any atom is -0.394 e. The number of alkyl halides is 3. The van der Waals surface area contributed by atoms with Crippen LogP contribution in [0.2, 0.25) is 0 Å². The van der Waals surface area contributed by atoms with Gasteiger partial charge < -0.3 is 20.8 Å². The molecule has 2 aromatic carbocycles. The number of hydrogen-bond acceptors (Lipinski definition) is 10. The maximum Gasteiger partial charge on any atom is 0.419 e. The van der Waals surface area contributed by atoms with E-state index < -0.39 is 29.6 Å². The number of halogens is 4. The predicted molar refractivity (Wildman–Crippen MR) is 132 cm³/mol. The first-order valence-electron chi connectivity index (χ1n) is 10.9. The molecule has 0 saturated heterocycles. The van der Waals surface area contributed by atoms with Crippen molar-refractivity contribution in [2.45, 2.75) is 12.3 Å². The molecule has 0 saturated carbocycles. The summed E-state index contributed by atoms with van der Waals surface area (Å²) in [6.45, 7) is -0.286. The van der Waals surface area contributed by atoms with Crippen LogP contribution in [0.5, 0.6) is 0 Å². The van der Waals surface area contributed by atoms with Gasteiger partial charge in [0.05, 0.1) is 18.3 Å². The fraction of sp³-hybridized carbons (Fsp3) is 0.174. The average Bonchev–Trinajstić information content (AvgIpc) is 3.36. The summed E-state index contributed by atoms with van der Waals surface area (Å²) >= 11 is 0.768. The summed E-state index contributed by atoms with van der Waals surface area (Å²) in [5.41, 5.74) is -0.592. The highest BCUT2D eigenvalue weighted by Crippen LogP contribution is 2.34. The van der Waals surface area contributed by atoms with Crippen molar-refractivity contribution in [3.63, 3.8) is 0 Å². The van der Waals surface area contributed by atoms with Crippen LogP contribution >= 0.6 is 11.5 Å². The molecule has 0 spiro atoms. The number of rotatable bonds is 9. The number of carbonyl (C=O) groups is 1. The molecule has 38 heavy (non-hydrogen) atoms. The van der Waals surface area contributed by atoms with E-state index >= 15 is 0 Å². The molecule has 0 radical (unpaired) electrons. The summed E-state index contributed by atoms with van der Waals surface area (Å²) in [5, 5.41) is 26.8. The van der Waals surface area contributed by atoms with E-state index in [1.165, 1.54) is 18.5 Å². The molecule has 15 heteroatoms. The van der Waals surface area contributed by atoms with Crippen molar-refractivity contribution in [2.75, 3.05) is 29.1 Å². The van der Waals surface area contributed by atoms with Crippen molar-refractivity contribution in [1.29, 1.82) is 0 Å². The average molecular weight is 550 g/mol. The molecule has 0 aliphatic carbocycles. The summed E-state index contributed by atoms with van der Waals surface area (Å²) in [6, 6.07) is 10.3. The highest BCUT2D eigenvalue weighted by molar-refractivity contribution is 7.10. The molecule has 4 aromatic rings. The van der Waals surface area contributed by atoms with Crippen LogP contribution in [0.3, 0.4) is 0 Å². The van der Waals surface area contributed by atoms with E-state index in [-0.39, 0.29) is 35.2 Å². The van der Waals surface area contributed by atoms with E-state index in [9.17, 15) is 27.5 Å². The first kappa shape index (κ1) is 26.8. The van der Waals surface area contributed by atoms with Gasteiger partial charge in [-0.2, -0.15) is 22.5 Å². The third kappa shape index (κ3) is 6.76. The van der Waals surface area contributed by atoms with E-state index in [1.54, 1.807) is 18.2 Å². The molecule has 1 amide bonds. The number of anilines is 4. The Kier molecular flexibility index (Phi) is 8.09. The summed E-state index contributed by atoms with van der Waals surface area (Å²) in [5.74, 6) is -1.14. The van der Waals surface area contributed by atoms with Crippen molar-refractivity contribution in [3.8, 4) is 11.4 Å². The van der Waals surface area contributed by atoms with Crippen molar-refractivity contribution >= 4 is 39.9 Å².